The number of nitrogens with zero attached hydrogens (tertiary/aromatic N) is 1. The van der Waals surface area contributed by atoms with Crippen molar-refractivity contribution in [3.63, 3.8) is 0 Å². The van der Waals surface area contributed by atoms with E-state index in [1.165, 1.54) is 0 Å². The molecular formula is C16H19NO3. The summed E-state index contributed by atoms with van der Waals surface area (Å²) in [5.74, 6) is 1.73. The van der Waals surface area contributed by atoms with Gasteiger partial charge in [-0.25, -0.2) is 0 Å². The van der Waals surface area contributed by atoms with Gasteiger partial charge in [-0.3, -0.25) is 9.69 Å². The maximum atomic E-state index is 10.9. The van der Waals surface area contributed by atoms with Crippen molar-refractivity contribution in [2.45, 2.75) is 20.0 Å². The second-order valence-corrected chi connectivity index (χ2v) is 4.57. The zero-order valence-electron chi connectivity index (χ0n) is 11.8. The first-order valence-electron chi connectivity index (χ1n) is 6.63. The van der Waals surface area contributed by atoms with E-state index in [0.29, 0.717) is 12.1 Å². The van der Waals surface area contributed by atoms with E-state index < -0.39 is 0 Å². The minimum absolute atomic E-state index is 0.662. The molecule has 4 nitrogen and oxygen atoms in total. The number of methoxy groups -OCH3 is 1. The van der Waals surface area contributed by atoms with Crippen molar-refractivity contribution in [3.8, 4) is 5.75 Å². The van der Waals surface area contributed by atoms with Gasteiger partial charge in [0.15, 0.2) is 0 Å². The molecule has 20 heavy (non-hydrogen) atoms. The first-order valence-corrected chi connectivity index (χ1v) is 6.63. The maximum Gasteiger partial charge on any atom is 0.150 e. The van der Waals surface area contributed by atoms with E-state index in [-0.39, 0.29) is 0 Å². The summed E-state index contributed by atoms with van der Waals surface area (Å²) in [5, 5.41) is 0. The molecule has 0 aliphatic carbocycles. The molecule has 1 heterocycles. The van der Waals surface area contributed by atoms with E-state index in [1.807, 2.05) is 24.3 Å². The van der Waals surface area contributed by atoms with Crippen molar-refractivity contribution >= 4 is 6.29 Å². The average Bonchev–Trinajstić information content (AvgIpc) is 2.99. The van der Waals surface area contributed by atoms with E-state index >= 15 is 0 Å². The number of hydrogen-bond donors (Lipinski definition) is 0. The Labute approximate surface area is 119 Å². The second-order valence-electron chi connectivity index (χ2n) is 4.57. The number of rotatable bonds is 7. The Morgan fingerprint density at radius 2 is 2.15 bits per heavy atom. The van der Waals surface area contributed by atoms with E-state index in [0.717, 1.165) is 36.4 Å². The fraction of sp³-hybridized carbons (Fsp3) is 0.312. The lowest BCUT2D eigenvalue weighted by atomic mass is 10.1. The van der Waals surface area contributed by atoms with Crippen LogP contribution in [-0.2, 0) is 13.1 Å². The van der Waals surface area contributed by atoms with Crippen molar-refractivity contribution in [1.82, 2.24) is 4.90 Å². The van der Waals surface area contributed by atoms with Gasteiger partial charge >= 0.3 is 0 Å². The van der Waals surface area contributed by atoms with E-state index in [9.17, 15) is 4.79 Å². The minimum Gasteiger partial charge on any atom is -0.496 e. The second kappa shape index (κ2) is 6.91. The summed E-state index contributed by atoms with van der Waals surface area (Å²) in [6.45, 7) is 4.42. The standard InChI is InChI=1S/C16H19NO3/c1-3-17(11-15-5-4-8-20-15)10-14-9-13(12-18)6-7-16(14)19-2/h4-9,12H,3,10-11H2,1-2H3. The monoisotopic (exact) mass is 273 g/mol. The van der Waals surface area contributed by atoms with E-state index in [4.69, 9.17) is 9.15 Å². The predicted octanol–water partition coefficient (Wildman–Crippen LogP) is 3.12. The summed E-state index contributed by atoms with van der Waals surface area (Å²) in [7, 11) is 1.64. The van der Waals surface area contributed by atoms with Crippen LogP contribution in [0, 0.1) is 0 Å². The number of hydrogen-bond acceptors (Lipinski definition) is 4. The Hall–Kier alpha value is -2.07. The van der Waals surface area contributed by atoms with Crippen molar-refractivity contribution in [3.05, 3.63) is 53.5 Å². The molecule has 1 aromatic heterocycles. The maximum absolute atomic E-state index is 10.9. The quantitative estimate of drug-likeness (QED) is 0.727. The highest BCUT2D eigenvalue weighted by molar-refractivity contribution is 5.75. The Morgan fingerprint density at radius 3 is 2.75 bits per heavy atom. The smallest absolute Gasteiger partial charge is 0.150 e. The van der Waals surface area contributed by atoms with Gasteiger partial charge in [-0.05, 0) is 36.9 Å². The molecule has 0 spiro atoms. The first kappa shape index (κ1) is 14.3. The third kappa shape index (κ3) is 3.48. The Kier molecular flexibility index (Phi) is 4.96. The van der Waals surface area contributed by atoms with E-state index in [2.05, 4.69) is 11.8 Å². The molecule has 0 radical (unpaired) electrons. The van der Waals surface area contributed by atoms with Gasteiger partial charge in [0.25, 0.3) is 0 Å². The molecule has 0 bridgehead atoms. The normalized spacial score (nSPS) is 10.8. The molecule has 0 aliphatic heterocycles. The Balaban J connectivity index is 2.15. The van der Waals surface area contributed by atoms with Crippen molar-refractivity contribution < 1.29 is 13.9 Å². The highest BCUT2D eigenvalue weighted by Crippen LogP contribution is 2.22. The van der Waals surface area contributed by atoms with Crippen molar-refractivity contribution in [1.29, 1.82) is 0 Å². The summed E-state index contributed by atoms with van der Waals surface area (Å²) < 4.78 is 10.7. The molecular weight excluding hydrogens is 254 g/mol. The van der Waals surface area contributed by atoms with Crippen molar-refractivity contribution in [2.75, 3.05) is 13.7 Å². The molecule has 2 rings (SSSR count). The molecule has 0 aliphatic rings. The molecule has 0 amide bonds. The van der Waals surface area contributed by atoms with Crippen LogP contribution in [0.25, 0.3) is 0 Å². The van der Waals surface area contributed by atoms with Crippen LogP contribution in [0.1, 0.15) is 28.6 Å². The molecule has 0 atom stereocenters. The van der Waals surface area contributed by atoms with Gasteiger partial charge in [0.05, 0.1) is 19.9 Å². The lowest BCUT2D eigenvalue weighted by molar-refractivity contribution is 0.112. The highest BCUT2D eigenvalue weighted by atomic mass is 16.5. The highest BCUT2D eigenvalue weighted by Gasteiger charge is 2.11. The zero-order valence-corrected chi connectivity index (χ0v) is 11.8. The largest absolute Gasteiger partial charge is 0.496 e. The number of aldehydes is 1. The van der Waals surface area contributed by atoms with Gasteiger partial charge < -0.3 is 9.15 Å². The van der Waals surface area contributed by atoms with Gasteiger partial charge in [0.1, 0.15) is 17.8 Å². The van der Waals surface area contributed by atoms with E-state index in [1.54, 1.807) is 19.4 Å². The minimum atomic E-state index is 0.662. The van der Waals surface area contributed by atoms with Gasteiger partial charge in [0, 0.05) is 17.7 Å². The fourth-order valence-corrected chi connectivity index (χ4v) is 2.14. The van der Waals surface area contributed by atoms with Gasteiger partial charge in [-0.2, -0.15) is 0 Å². The van der Waals surface area contributed by atoms with Crippen LogP contribution in [0.4, 0.5) is 0 Å². The molecule has 2 aromatic rings. The number of benzene rings is 1. The van der Waals surface area contributed by atoms with Crippen LogP contribution in [0.15, 0.2) is 41.0 Å². The molecule has 0 saturated carbocycles. The number of furan rings is 1. The summed E-state index contributed by atoms with van der Waals surface area (Å²) in [5.41, 5.74) is 1.67. The molecule has 0 fully saturated rings. The zero-order chi connectivity index (χ0) is 14.4. The summed E-state index contributed by atoms with van der Waals surface area (Å²) in [4.78, 5) is 13.1. The predicted molar refractivity (Wildman–Crippen MR) is 76.9 cm³/mol. The third-order valence-corrected chi connectivity index (χ3v) is 3.24. The van der Waals surface area contributed by atoms with Crippen LogP contribution in [0.3, 0.4) is 0 Å². The average molecular weight is 273 g/mol. The Morgan fingerprint density at radius 1 is 1.30 bits per heavy atom. The molecule has 0 saturated heterocycles. The third-order valence-electron chi connectivity index (χ3n) is 3.24. The van der Waals surface area contributed by atoms with Gasteiger partial charge in [-0.1, -0.05) is 6.92 Å². The Bertz CT molecular complexity index is 549. The van der Waals surface area contributed by atoms with Crippen LogP contribution in [-0.4, -0.2) is 24.8 Å². The first-order chi connectivity index (χ1) is 9.76. The molecule has 4 heteroatoms. The van der Waals surface area contributed by atoms with Gasteiger partial charge in [-0.15, -0.1) is 0 Å². The number of carbonyl (C=O) groups excluding carboxylic acids is 1. The van der Waals surface area contributed by atoms with Crippen LogP contribution in [0.2, 0.25) is 0 Å². The number of ether oxygens (including phenoxy) is 1. The summed E-state index contributed by atoms with van der Waals surface area (Å²) in [6.07, 6.45) is 2.53. The SMILES string of the molecule is CCN(Cc1ccco1)Cc1cc(C=O)ccc1OC. The lowest BCUT2D eigenvalue weighted by Crippen LogP contribution is -2.22. The molecule has 106 valence electrons. The molecule has 0 unspecified atom stereocenters. The number of carbonyl (C=O) groups is 1. The summed E-state index contributed by atoms with van der Waals surface area (Å²) in [6, 6.07) is 9.31. The molecule has 0 N–H and O–H groups in total. The van der Waals surface area contributed by atoms with Crippen LogP contribution < -0.4 is 4.74 Å². The summed E-state index contributed by atoms with van der Waals surface area (Å²) >= 11 is 0. The van der Waals surface area contributed by atoms with Crippen LogP contribution in [0.5, 0.6) is 5.75 Å². The fourth-order valence-electron chi connectivity index (χ4n) is 2.14. The topological polar surface area (TPSA) is 42.7 Å². The van der Waals surface area contributed by atoms with Crippen LogP contribution >= 0.6 is 0 Å². The van der Waals surface area contributed by atoms with Gasteiger partial charge in [0.2, 0.25) is 0 Å². The lowest BCUT2D eigenvalue weighted by Gasteiger charge is -2.20. The molecule has 1 aromatic carbocycles. The van der Waals surface area contributed by atoms with Crippen molar-refractivity contribution in [2.24, 2.45) is 0 Å².